The molecule has 1 fully saturated rings. The van der Waals surface area contributed by atoms with Crippen molar-refractivity contribution in [1.82, 2.24) is 30.9 Å². The number of pyridine rings is 3. The lowest BCUT2D eigenvalue weighted by molar-refractivity contribution is -0.122. The summed E-state index contributed by atoms with van der Waals surface area (Å²) in [4.78, 5) is 53.4. The van der Waals surface area contributed by atoms with Crippen LogP contribution in [0.15, 0.2) is 66.7 Å². The van der Waals surface area contributed by atoms with Crippen LogP contribution in [0, 0.1) is 6.92 Å². The van der Waals surface area contributed by atoms with E-state index in [1.54, 1.807) is 54.0 Å². The van der Waals surface area contributed by atoms with Crippen LogP contribution in [0.5, 0.6) is 11.6 Å². The molecular formula is C28H27N7O4S. The first-order chi connectivity index (χ1) is 19.4. The molecule has 3 N–H and O–H groups in total. The molecule has 4 atom stereocenters. The fourth-order valence-electron chi connectivity index (χ4n) is 5.42. The van der Waals surface area contributed by atoms with E-state index in [4.69, 9.17) is 4.74 Å². The molecule has 1 aliphatic carbocycles. The van der Waals surface area contributed by atoms with Gasteiger partial charge in [0.1, 0.15) is 16.0 Å². The lowest BCUT2D eigenvalue weighted by Crippen LogP contribution is -2.53. The van der Waals surface area contributed by atoms with Crippen LogP contribution in [-0.4, -0.2) is 50.1 Å². The second-order valence-electron chi connectivity index (χ2n) is 9.81. The second-order valence-corrected chi connectivity index (χ2v) is 10.9. The van der Waals surface area contributed by atoms with Crippen LogP contribution in [0.4, 0.5) is 16.2 Å². The van der Waals surface area contributed by atoms with Gasteiger partial charge >= 0.3 is 6.03 Å². The van der Waals surface area contributed by atoms with Crippen molar-refractivity contribution in [3.8, 4) is 11.6 Å². The van der Waals surface area contributed by atoms with Gasteiger partial charge in [-0.15, -0.1) is 0 Å². The number of hydrogen-bond donors (Lipinski definition) is 3. The zero-order chi connectivity index (χ0) is 27.8. The minimum Gasteiger partial charge on any atom is -0.437 e. The molecule has 204 valence electrons. The number of thioether (sulfide) groups is 1. The van der Waals surface area contributed by atoms with E-state index in [0.29, 0.717) is 28.0 Å². The van der Waals surface area contributed by atoms with E-state index < -0.39 is 11.3 Å². The molecule has 2 unspecified atom stereocenters. The summed E-state index contributed by atoms with van der Waals surface area (Å²) in [5.74, 6) is 0.475. The highest BCUT2D eigenvalue weighted by atomic mass is 32.2. The highest BCUT2D eigenvalue weighted by molar-refractivity contribution is 8.01. The Bertz CT molecular complexity index is 1500. The third-order valence-corrected chi connectivity index (χ3v) is 8.57. The minimum atomic E-state index is -0.597. The molecule has 0 bridgehead atoms. The Labute approximate surface area is 234 Å². The first kappa shape index (κ1) is 25.8. The molecule has 3 aromatic rings. The number of anilines is 2. The van der Waals surface area contributed by atoms with E-state index in [-0.39, 0.29) is 29.9 Å². The van der Waals surface area contributed by atoms with Crippen molar-refractivity contribution in [2.24, 2.45) is 0 Å². The quantitative estimate of drug-likeness (QED) is 0.374. The van der Waals surface area contributed by atoms with E-state index >= 15 is 0 Å². The molecule has 12 heteroatoms. The monoisotopic (exact) mass is 557 g/mol. The summed E-state index contributed by atoms with van der Waals surface area (Å²) >= 11 is 1.33. The van der Waals surface area contributed by atoms with Gasteiger partial charge in [0, 0.05) is 36.1 Å². The topological polar surface area (TPSA) is 138 Å². The molecule has 2 aliphatic heterocycles. The number of nitrogens with zero attached hydrogens (tertiary/aromatic N) is 4. The molecule has 3 aliphatic rings. The van der Waals surface area contributed by atoms with Gasteiger partial charge in [-0.1, -0.05) is 18.3 Å². The third-order valence-electron chi connectivity index (χ3n) is 7.28. The van der Waals surface area contributed by atoms with Crippen molar-refractivity contribution in [3.63, 3.8) is 0 Å². The molecule has 11 nitrogen and oxygen atoms in total. The van der Waals surface area contributed by atoms with Gasteiger partial charge < -0.3 is 20.7 Å². The van der Waals surface area contributed by atoms with E-state index in [1.807, 2.05) is 6.92 Å². The molecule has 4 amide bonds. The molecule has 40 heavy (non-hydrogen) atoms. The normalized spacial score (nSPS) is 22.7. The first-order valence-electron chi connectivity index (χ1n) is 13.0. The van der Waals surface area contributed by atoms with Crippen molar-refractivity contribution in [3.05, 3.63) is 72.8 Å². The van der Waals surface area contributed by atoms with Gasteiger partial charge in [-0.05, 0) is 56.0 Å². The van der Waals surface area contributed by atoms with Crippen LogP contribution < -0.4 is 25.6 Å². The summed E-state index contributed by atoms with van der Waals surface area (Å²) in [7, 11) is 0. The third kappa shape index (κ3) is 4.75. The number of nitrogens with one attached hydrogen (secondary N) is 3. The predicted molar refractivity (Wildman–Crippen MR) is 148 cm³/mol. The number of rotatable bonds is 7. The van der Waals surface area contributed by atoms with Crippen molar-refractivity contribution in [2.45, 2.75) is 54.6 Å². The molecule has 1 saturated carbocycles. The summed E-state index contributed by atoms with van der Waals surface area (Å²) in [6.45, 7) is 5.38. The Hall–Kier alpha value is -4.45. The van der Waals surface area contributed by atoms with Crippen molar-refractivity contribution in [1.29, 1.82) is 0 Å². The number of carbonyl (C=O) groups is 3. The lowest BCUT2D eigenvalue weighted by Gasteiger charge is -2.35. The van der Waals surface area contributed by atoms with Crippen LogP contribution in [0.25, 0.3) is 0 Å². The largest absolute Gasteiger partial charge is 0.437 e. The lowest BCUT2D eigenvalue weighted by atomic mass is 9.99. The molecule has 0 radical (unpaired) electrons. The zero-order valence-corrected chi connectivity index (χ0v) is 22.5. The molecular weight excluding hydrogens is 530 g/mol. The maximum atomic E-state index is 13.5. The molecule has 6 rings (SSSR count). The Balaban J connectivity index is 1.23. The number of aryl methyl sites for hydroxylation is 1. The standard InChI is InChI=1S/C28H27N7O4S/c1-3-21(36)32-17-7-4-8-18(17)33-26(37)25-24-23-19(9-11-30-27(23)40-25)35(28(38)34-24)20-14-31-22(12-15(20)2)39-16-6-5-10-29-13-16/h3,5-6,9-14,17-18,24-25H,1,4,7-8H2,2H3,(H,32,36)(H,33,37)(H,34,38)/t17-,18+,24?,25?/m0/s1. The van der Waals surface area contributed by atoms with Gasteiger partial charge in [-0.2, -0.15) is 0 Å². The van der Waals surface area contributed by atoms with Gasteiger partial charge in [0.05, 0.1) is 29.8 Å². The fourth-order valence-corrected chi connectivity index (χ4v) is 6.65. The number of urea groups is 1. The predicted octanol–water partition coefficient (Wildman–Crippen LogP) is 3.69. The fraction of sp³-hybridized carbons (Fsp3) is 0.286. The highest BCUT2D eigenvalue weighted by Gasteiger charge is 2.47. The number of aromatic nitrogens is 3. The van der Waals surface area contributed by atoms with Gasteiger partial charge in [0.25, 0.3) is 0 Å². The Morgan fingerprint density at radius 2 is 1.98 bits per heavy atom. The highest BCUT2D eigenvalue weighted by Crippen LogP contribution is 2.51. The minimum absolute atomic E-state index is 0.158. The Morgan fingerprint density at radius 3 is 2.73 bits per heavy atom. The molecule has 5 heterocycles. The van der Waals surface area contributed by atoms with Crippen LogP contribution in [0.2, 0.25) is 0 Å². The van der Waals surface area contributed by atoms with E-state index in [9.17, 15) is 14.4 Å². The number of amides is 4. The average molecular weight is 558 g/mol. The van der Waals surface area contributed by atoms with Gasteiger partial charge in [0.15, 0.2) is 0 Å². The van der Waals surface area contributed by atoms with Gasteiger partial charge in [-0.3, -0.25) is 19.5 Å². The van der Waals surface area contributed by atoms with Gasteiger partial charge in [-0.25, -0.2) is 14.8 Å². The molecule has 0 saturated heterocycles. The van der Waals surface area contributed by atoms with Crippen molar-refractivity contribution in [2.75, 3.05) is 4.90 Å². The maximum absolute atomic E-state index is 13.5. The Kier molecular flexibility index (Phi) is 6.84. The van der Waals surface area contributed by atoms with E-state index in [0.717, 1.165) is 30.4 Å². The number of carbonyl (C=O) groups excluding carboxylic acids is 3. The summed E-state index contributed by atoms with van der Waals surface area (Å²) in [6, 6.07) is 5.84. The average Bonchev–Trinajstić information content (AvgIpc) is 3.55. The summed E-state index contributed by atoms with van der Waals surface area (Å²) in [5.41, 5.74) is 2.82. The van der Waals surface area contributed by atoms with E-state index in [1.165, 1.54) is 17.8 Å². The number of ether oxygens (including phenoxy) is 1. The summed E-state index contributed by atoms with van der Waals surface area (Å²) in [6.07, 6.45) is 10.2. The van der Waals surface area contributed by atoms with Crippen LogP contribution in [0.3, 0.4) is 0 Å². The van der Waals surface area contributed by atoms with Crippen molar-refractivity contribution < 1.29 is 19.1 Å². The Morgan fingerprint density at radius 1 is 1.15 bits per heavy atom. The zero-order valence-electron chi connectivity index (χ0n) is 21.7. The second kappa shape index (κ2) is 10.6. The smallest absolute Gasteiger partial charge is 0.327 e. The summed E-state index contributed by atoms with van der Waals surface area (Å²) in [5, 5.41) is 9.14. The first-order valence-corrected chi connectivity index (χ1v) is 13.8. The molecule has 3 aromatic heterocycles. The number of hydrogen-bond acceptors (Lipinski definition) is 8. The van der Waals surface area contributed by atoms with Crippen molar-refractivity contribution >= 4 is 41.0 Å². The SMILES string of the molecule is C=CC(=O)N[C@H]1CCC[C@H]1NC(=O)C1Sc2nccc3c2C1NC(=O)N3c1cnc(Oc2cccnc2)cc1C. The van der Waals surface area contributed by atoms with Crippen LogP contribution >= 0.6 is 11.8 Å². The van der Waals surface area contributed by atoms with E-state index in [2.05, 4.69) is 37.5 Å². The molecule has 0 spiro atoms. The van der Waals surface area contributed by atoms with Gasteiger partial charge in [0.2, 0.25) is 17.7 Å². The summed E-state index contributed by atoms with van der Waals surface area (Å²) < 4.78 is 5.80. The maximum Gasteiger partial charge on any atom is 0.327 e. The van der Waals surface area contributed by atoms with Crippen LogP contribution in [0.1, 0.15) is 36.4 Å². The van der Waals surface area contributed by atoms with Crippen LogP contribution in [-0.2, 0) is 9.59 Å². The molecule has 0 aromatic carbocycles.